The number of imidazole rings is 1. The van der Waals surface area contributed by atoms with Crippen LogP contribution in [0.25, 0.3) is 0 Å². The summed E-state index contributed by atoms with van der Waals surface area (Å²) in [7, 11) is 0. The van der Waals surface area contributed by atoms with Crippen LogP contribution in [0, 0.1) is 0 Å². The van der Waals surface area contributed by atoms with Gasteiger partial charge < -0.3 is 15.2 Å². The monoisotopic (exact) mass is 437 g/mol. The van der Waals surface area contributed by atoms with Crippen LogP contribution in [0.3, 0.4) is 0 Å². The van der Waals surface area contributed by atoms with Gasteiger partial charge in [-0.1, -0.05) is 0 Å². The first-order valence-electron chi connectivity index (χ1n) is 7.84. The maximum absolute atomic E-state index is 4.76. The molecular weight excluding hydrogens is 409 g/mol. The van der Waals surface area contributed by atoms with Gasteiger partial charge in [-0.05, 0) is 38.9 Å². The Morgan fingerprint density at radius 1 is 1.45 bits per heavy atom. The molecule has 126 valence electrons. The molecule has 1 aromatic heterocycles. The fourth-order valence-electron chi connectivity index (χ4n) is 2.44. The molecular formula is C15H28IN5S. The Balaban J connectivity index is 0.00000242. The van der Waals surface area contributed by atoms with E-state index < -0.39 is 0 Å². The van der Waals surface area contributed by atoms with E-state index in [4.69, 9.17) is 4.99 Å². The van der Waals surface area contributed by atoms with Crippen LogP contribution in [0.5, 0.6) is 0 Å². The van der Waals surface area contributed by atoms with Gasteiger partial charge in [0.15, 0.2) is 5.96 Å². The van der Waals surface area contributed by atoms with E-state index in [1.807, 2.05) is 18.7 Å². The second-order valence-corrected chi connectivity index (χ2v) is 7.36. The molecule has 1 fully saturated rings. The highest BCUT2D eigenvalue weighted by Gasteiger charge is 2.29. The highest BCUT2D eigenvalue weighted by Crippen LogP contribution is 2.37. The minimum atomic E-state index is 0. The second-order valence-electron chi connectivity index (χ2n) is 5.68. The molecule has 1 aliphatic rings. The van der Waals surface area contributed by atoms with Crippen molar-refractivity contribution in [2.24, 2.45) is 4.99 Å². The molecule has 7 heteroatoms. The molecule has 5 nitrogen and oxygen atoms in total. The lowest BCUT2D eigenvalue weighted by molar-refractivity contribution is 0.606. The molecule has 2 heterocycles. The summed E-state index contributed by atoms with van der Waals surface area (Å²) in [4.78, 5) is 8.81. The first kappa shape index (κ1) is 19.6. The van der Waals surface area contributed by atoms with Gasteiger partial charge in [-0.2, -0.15) is 11.8 Å². The normalized spacial score (nSPS) is 21.5. The fourth-order valence-corrected chi connectivity index (χ4v) is 3.66. The number of hydrogen-bond acceptors (Lipinski definition) is 3. The number of hydrogen-bond donors (Lipinski definition) is 2. The van der Waals surface area contributed by atoms with Crippen LogP contribution in [-0.4, -0.2) is 45.6 Å². The van der Waals surface area contributed by atoms with Gasteiger partial charge in [0.2, 0.25) is 0 Å². The lowest BCUT2D eigenvalue weighted by Crippen LogP contribution is -2.39. The van der Waals surface area contributed by atoms with Crippen LogP contribution < -0.4 is 10.6 Å². The SMILES string of the molecule is CCNC(=NCC1(C)CCCS1)NCCCn1ccnc1.I. The van der Waals surface area contributed by atoms with Crippen LogP contribution in [-0.2, 0) is 6.54 Å². The summed E-state index contributed by atoms with van der Waals surface area (Å²) in [6.45, 7) is 8.14. The van der Waals surface area contributed by atoms with Crippen molar-refractivity contribution in [3.63, 3.8) is 0 Å². The highest BCUT2D eigenvalue weighted by molar-refractivity contribution is 14.0. The van der Waals surface area contributed by atoms with Crippen LogP contribution >= 0.6 is 35.7 Å². The van der Waals surface area contributed by atoms with Crippen LogP contribution in [0.1, 0.15) is 33.1 Å². The number of aliphatic imine (C=N–C) groups is 1. The Labute approximate surface area is 155 Å². The molecule has 22 heavy (non-hydrogen) atoms. The molecule has 1 unspecified atom stereocenters. The molecule has 0 aromatic carbocycles. The Bertz CT molecular complexity index is 429. The molecule has 0 spiro atoms. The molecule has 1 atom stereocenters. The molecule has 2 rings (SSSR count). The van der Waals surface area contributed by atoms with Gasteiger partial charge >= 0.3 is 0 Å². The largest absolute Gasteiger partial charge is 0.357 e. The summed E-state index contributed by atoms with van der Waals surface area (Å²) >= 11 is 2.06. The average molecular weight is 437 g/mol. The predicted octanol–water partition coefficient (Wildman–Crippen LogP) is 2.73. The van der Waals surface area contributed by atoms with Crippen molar-refractivity contribution in [2.75, 3.05) is 25.4 Å². The van der Waals surface area contributed by atoms with Crippen molar-refractivity contribution < 1.29 is 0 Å². The standard InChI is InChI=1S/C15H27N5S.HI/c1-3-17-14(19-12-15(2)6-4-11-21-15)18-7-5-9-20-10-8-16-13-20;/h8,10,13H,3-7,9,11-12H2,1-2H3,(H2,17,18,19);1H. The van der Waals surface area contributed by atoms with Gasteiger partial charge in [0.1, 0.15) is 0 Å². The number of thioether (sulfide) groups is 1. The Hall–Kier alpha value is -0.440. The van der Waals surface area contributed by atoms with E-state index >= 15 is 0 Å². The van der Waals surface area contributed by atoms with E-state index in [1.165, 1.54) is 18.6 Å². The number of aromatic nitrogens is 2. The number of guanidine groups is 1. The zero-order chi connectivity index (χ0) is 15.0. The Kier molecular flexibility index (Phi) is 9.23. The third kappa shape index (κ3) is 6.76. The summed E-state index contributed by atoms with van der Waals surface area (Å²) in [5.41, 5.74) is 0. The lowest BCUT2D eigenvalue weighted by Gasteiger charge is -2.21. The number of halogens is 1. The van der Waals surface area contributed by atoms with Crippen molar-refractivity contribution in [1.29, 1.82) is 0 Å². The average Bonchev–Trinajstić information content (AvgIpc) is 3.13. The minimum absolute atomic E-state index is 0. The Morgan fingerprint density at radius 3 is 2.95 bits per heavy atom. The van der Waals surface area contributed by atoms with E-state index in [1.54, 1.807) is 0 Å². The second kappa shape index (κ2) is 10.4. The van der Waals surface area contributed by atoms with Gasteiger partial charge in [0, 0.05) is 36.8 Å². The molecule has 0 saturated carbocycles. The number of nitrogens with one attached hydrogen (secondary N) is 2. The van der Waals surface area contributed by atoms with Crippen molar-refractivity contribution in [2.45, 2.75) is 44.4 Å². The summed E-state index contributed by atoms with van der Waals surface area (Å²) in [5.74, 6) is 2.22. The summed E-state index contributed by atoms with van der Waals surface area (Å²) in [6, 6.07) is 0. The van der Waals surface area contributed by atoms with Gasteiger partial charge in [-0.3, -0.25) is 4.99 Å². The van der Waals surface area contributed by atoms with Gasteiger partial charge in [0.05, 0.1) is 12.9 Å². The van der Waals surface area contributed by atoms with E-state index in [0.29, 0.717) is 4.75 Å². The first-order chi connectivity index (χ1) is 10.2. The van der Waals surface area contributed by atoms with Crippen LogP contribution in [0.2, 0.25) is 0 Å². The maximum atomic E-state index is 4.76. The van der Waals surface area contributed by atoms with Gasteiger partial charge in [-0.15, -0.1) is 24.0 Å². The molecule has 1 aliphatic heterocycles. The van der Waals surface area contributed by atoms with Crippen molar-refractivity contribution in [1.82, 2.24) is 20.2 Å². The number of rotatable bonds is 7. The molecule has 0 radical (unpaired) electrons. The van der Waals surface area contributed by atoms with Crippen molar-refractivity contribution >= 4 is 41.7 Å². The third-order valence-corrected chi connectivity index (χ3v) is 5.18. The summed E-state index contributed by atoms with van der Waals surface area (Å²) in [5, 5.41) is 6.75. The molecule has 1 aromatic rings. The van der Waals surface area contributed by atoms with E-state index in [0.717, 1.165) is 38.6 Å². The fraction of sp³-hybridized carbons (Fsp3) is 0.733. The highest BCUT2D eigenvalue weighted by atomic mass is 127. The van der Waals surface area contributed by atoms with Crippen LogP contribution in [0.15, 0.2) is 23.7 Å². The Morgan fingerprint density at radius 2 is 2.32 bits per heavy atom. The number of nitrogens with zero attached hydrogens (tertiary/aromatic N) is 3. The van der Waals surface area contributed by atoms with E-state index in [9.17, 15) is 0 Å². The van der Waals surface area contributed by atoms with Crippen molar-refractivity contribution in [3.05, 3.63) is 18.7 Å². The first-order valence-corrected chi connectivity index (χ1v) is 8.82. The molecule has 1 saturated heterocycles. The third-order valence-electron chi connectivity index (χ3n) is 3.66. The van der Waals surface area contributed by atoms with Crippen molar-refractivity contribution in [3.8, 4) is 0 Å². The molecule has 0 aliphatic carbocycles. The topological polar surface area (TPSA) is 54.2 Å². The molecule has 2 N–H and O–H groups in total. The predicted molar refractivity (Wildman–Crippen MR) is 106 cm³/mol. The quantitative estimate of drug-likeness (QED) is 0.298. The lowest BCUT2D eigenvalue weighted by atomic mass is 10.1. The van der Waals surface area contributed by atoms with Crippen LogP contribution in [0.4, 0.5) is 0 Å². The smallest absolute Gasteiger partial charge is 0.191 e. The summed E-state index contributed by atoms with van der Waals surface area (Å²) in [6.07, 6.45) is 9.34. The van der Waals surface area contributed by atoms with E-state index in [-0.39, 0.29) is 24.0 Å². The summed E-state index contributed by atoms with van der Waals surface area (Å²) < 4.78 is 2.43. The molecule has 0 bridgehead atoms. The number of aryl methyl sites for hydroxylation is 1. The van der Waals surface area contributed by atoms with Gasteiger partial charge in [-0.25, -0.2) is 4.98 Å². The minimum Gasteiger partial charge on any atom is -0.357 e. The zero-order valence-corrected chi connectivity index (χ0v) is 16.7. The molecule has 0 amide bonds. The van der Waals surface area contributed by atoms with Gasteiger partial charge in [0.25, 0.3) is 0 Å². The zero-order valence-electron chi connectivity index (χ0n) is 13.5. The maximum Gasteiger partial charge on any atom is 0.191 e. The van der Waals surface area contributed by atoms with E-state index in [2.05, 4.69) is 45.8 Å².